The van der Waals surface area contributed by atoms with Crippen molar-refractivity contribution in [1.29, 1.82) is 0 Å². The molecule has 1 unspecified atom stereocenters. The van der Waals surface area contributed by atoms with Crippen molar-refractivity contribution < 1.29 is 42.8 Å². The lowest BCUT2D eigenvalue weighted by Gasteiger charge is -2.19. The van der Waals surface area contributed by atoms with Crippen LogP contribution in [0.4, 0.5) is 15.8 Å². The van der Waals surface area contributed by atoms with Gasteiger partial charge in [-0.05, 0) is 24.3 Å². The number of carbonyl (C=O) groups is 2. The van der Waals surface area contributed by atoms with Crippen molar-refractivity contribution in [3.05, 3.63) is 79.9 Å². The zero-order chi connectivity index (χ0) is 24.1. The van der Waals surface area contributed by atoms with Crippen molar-refractivity contribution in [2.75, 3.05) is 13.7 Å². The minimum atomic E-state index is -1.90. The number of rotatable bonds is 8. The number of carbonyl (C=O) groups excluding carboxylic acids is 2. The lowest BCUT2D eigenvalue weighted by atomic mass is 10.1. The third-order valence-electron chi connectivity index (χ3n) is 4.73. The fraction of sp³-hybridized carbons (Fsp3) is 0.300. The molecule has 1 saturated heterocycles. The maximum absolute atomic E-state index is 14.7. The number of nitro benzene ring substituents is 2. The van der Waals surface area contributed by atoms with Gasteiger partial charge in [-0.15, -0.1) is 0 Å². The van der Waals surface area contributed by atoms with Crippen LogP contribution in [0.1, 0.15) is 20.7 Å². The average molecular weight is 464 g/mol. The number of hydrogen-bond donors (Lipinski definition) is 0. The summed E-state index contributed by atoms with van der Waals surface area (Å²) in [6.45, 7) is -0.506. The highest BCUT2D eigenvalue weighted by molar-refractivity contribution is 5.90. The number of methoxy groups -OCH3 is 1. The maximum atomic E-state index is 14.7. The van der Waals surface area contributed by atoms with Gasteiger partial charge >= 0.3 is 11.9 Å². The maximum Gasteiger partial charge on any atom is 0.338 e. The van der Waals surface area contributed by atoms with Crippen LogP contribution in [0.5, 0.6) is 0 Å². The lowest BCUT2D eigenvalue weighted by Crippen LogP contribution is -2.37. The first-order valence-corrected chi connectivity index (χ1v) is 9.40. The molecular weight excluding hydrogens is 447 g/mol. The Bertz CT molecular complexity index is 1040. The number of benzene rings is 2. The number of hydrogen-bond acceptors (Lipinski definition) is 10. The monoisotopic (exact) mass is 464 g/mol. The molecule has 0 aromatic heterocycles. The summed E-state index contributed by atoms with van der Waals surface area (Å²) in [5.74, 6) is -1.82. The van der Waals surface area contributed by atoms with Gasteiger partial charge in [-0.2, -0.15) is 0 Å². The van der Waals surface area contributed by atoms with Gasteiger partial charge in [-0.1, -0.05) is 0 Å². The van der Waals surface area contributed by atoms with Crippen molar-refractivity contribution >= 4 is 23.3 Å². The topological polar surface area (TPSA) is 157 Å². The normalized spacial score (nSPS) is 21.9. The van der Waals surface area contributed by atoms with E-state index in [1.54, 1.807) is 0 Å². The zero-order valence-electron chi connectivity index (χ0n) is 17.0. The van der Waals surface area contributed by atoms with Crippen molar-refractivity contribution in [3.8, 4) is 0 Å². The van der Waals surface area contributed by atoms with E-state index in [1.165, 1.54) is 19.2 Å². The number of halogens is 1. The zero-order valence-corrected chi connectivity index (χ0v) is 17.0. The molecule has 1 heterocycles. The van der Waals surface area contributed by atoms with Crippen LogP contribution in [0.25, 0.3) is 0 Å². The quantitative estimate of drug-likeness (QED) is 0.323. The Morgan fingerprint density at radius 3 is 1.88 bits per heavy atom. The molecule has 12 nitrogen and oxygen atoms in total. The molecule has 2 aromatic carbocycles. The van der Waals surface area contributed by atoms with E-state index < -0.39 is 53.1 Å². The Morgan fingerprint density at radius 1 is 0.939 bits per heavy atom. The lowest BCUT2D eigenvalue weighted by molar-refractivity contribution is -0.385. The first-order valence-electron chi connectivity index (χ1n) is 9.40. The van der Waals surface area contributed by atoms with Crippen LogP contribution < -0.4 is 0 Å². The highest BCUT2D eigenvalue weighted by Gasteiger charge is 2.48. The third-order valence-corrected chi connectivity index (χ3v) is 4.73. The molecule has 1 fully saturated rings. The summed E-state index contributed by atoms with van der Waals surface area (Å²) in [6, 6.07) is 9.12. The van der Waals surface area contributed by atoms with Crippen LogP contribution >= 0.6 is 0 Å². The first kappa shape index (κ1) is 23.7. The van der Waals surface area contributed by atoms with Gasteiger partial charge in [0, 0.05) is 31.4 Å². The van der Waals surface area contributed by atoms with E-state index in [9.17, 15) is 34.2 Å². The largest absolute Gasteiger partial charge is 0.459 e. The fourth-order valence-electron chi connectivity index (χ4n) is 3.02. The molecule has 3 rings (SSSR count). The fourth-order valence-corrected chi connectivity index (χ4v) is 3.02. The van der Waals surface area contributed by atoms with E-state index in [2.05, 4.69) is 0 Å². The molecular formula is C20H17FN2O10. The summed E-state index contributed by atoms with van der Waals surface area (Å²) >= 11 is 0. The Morgan fingerprint density at radius 2 is 1.42 bits per heavy atom. The van der Waals surface area contributed by atoms with E-state index in [0.29, 0.717) is 0 Å². The molecule has 1 aliphatic heterocycles. The highest BCUT2D eigenvalue weighted by atomic mass is 19.1. The van der Waals surface area contributed by atoms with Crippen LogP contribution in [0.3, 0.4) is 0 Å². The second kappa shape index (κ2) is 10.1. The molecule has 0 saturated carbocycles. The molecule has 13 heteroatoms. The van der Waals surface area contributed by atoms with Gasteiger partial charge < -0.3 is 18.9 Å². The smallest absolute Gasteiger partial charge is 0.338 e. The van der Waals surface area contributed by atoms with Gasteiger partial charge in [0.2, 0.25) is 0 Å². The van der Waals surface area contributed by atoms with Crippen LogP contribution in [0.2, 0.25) is 0 Å². The van der Waals surface area contributed by atoms with E-state index in [0.717, 1.165) is 36.4 Å². The molecule has 0 N–H and O–H groups in total. The molecule has 0 radical (unpaired) electrons. The summed E-state index contributed by atoms with van der Waals surface area (Å²) in [4.78, 5) is 44.8. The number of non-ortho nitro benzene ring substituents is 2. The van der Waals surface area contributed by atoms with Crippen LogP contribution in [-0.4, -0.2) is 60.2 Å². The summed E-state index contributed by atoms with van der Waals surface area (Å²) in [5.41, 5.74) is -0.505. The average Bonchev–Trinajstić information content (AvgIpc) is 3.11. The second-order valence-electron chi connectivity index (χ2n) is 6.80. The summed E-state index contributed by atoms with van der Waals surface area (Å²) < 4.78 is 35.2. The van der Waals surface area contributed by atoms with E-state index in [-0.39, 0.29) is 22.5 Å². The predicted molar refractivity (Wildman–Crippen MR) is 106 cm³/mol. The number of ether oxygens (including phenoxy) is 4. The summed E-state index contributed by atoms with van der Waals surface area (Å²) in [6.07, 6.45) is -6.00. The number of nitro groups is 2. The summed E-state index contributed by atoms with van der Waals surface area (Å²) in [5, 5.41) is 21.4. The molecule has 33 heavy (non-hydrogen) atoms. The van der Waals surface area contributed by atoms with E-state index in [1.807, 2.05) is 0 Å². The van der Waals surface area contributed by atoms with Crippen LogP contribution in [-0.2, 0) is 18.9 Å². The molecule has 0 amide bonds. The Hall–Kier alpha value is -3.97. The SMILES string of the molecule is COC1O[C@H](COC(=O)c2ccc([N+](=O)[O-])cc2)[C@@H](OC(=O)c2ccc([N+](=O)[O-])cc2)[C@@H]1F. The Labute approximate surface area is 185 Å². The highest BCUT2D eigenvalue weighted by Crippen LogP contribution is 2.29. The van der Waals surface area contributed by atoms with Gasteiger partial charge in [-0.3, -0.25) is 20.2 Å². The molecule has 0 aliphatic carbocycles. The van der Waals surface area contributed by atoms with Gasteiger partial charge in [0.15, 0.2) is 18.6 Å². The van der Waals surface area contributed by atoms with Gasteiger partial charge in [0.25, 0.3) is 11.4 Å². The van der Waals surface area contributed by atoms with E-state index in [4.69, 9.17) is 18.9 Å². The Balaban J connectivity index is 1.66. The minimum Gasteiger partial charge on any atom is -0.459 e. The molecule has 0 spiro atoms. The predicted octanol–water partition coefficient (Wildman–Crippen LogP) is 2.59. The van der Waals surface area contributed by atoms with Crippen LogP contribution in [0.15, 0.2) is 48.5 Å². The first-order chi connectivity index (χ1) is 15.7. The number of esters is 2. The molecule has 4 atom stereocenters. The van der Waals surface area contributed by atoms with Gasteiger partial charge in [-0.25, -0.2) is 14.0 Å². The van der Waals surface area contributed by atoms with Gasteiger partial charge in [0.1, 0.15) is 12.7 Å². The Kier molecular flexibility index (Phi) is 7.25. The van der Waals surface area contributed by atoms with Gasteiger partial charge in [0.05, 0.1) is 21.0 Å². The van der Waals surface area contributed by atoms with E-state index >= 15 is 0 Å². The second-order valence-corrected chi connectivity index (χ2v) is 6.80. The van der Waals surface area contributed by atoms with Crippen molar-refractivity contribution in [1.82, 2.24) is 0 Å². The van der Waals surface area contributed by atoms with Crippen molar-refractivity contribution in [3.63, 3.8) is 0 Å². The molecule has 174 valence electrons. The minimum absolute atomic E-state index is 0.0121. The third kappa shape index (κ3) is 5.45. The number of alkyl halides is 1. The van der Waals surface area contributed by atoms with Crippen molar-refractivity contribution in [2.24, 2.45) is 0 Å². The van der Waals surface area contributed by atoms with Crippen molar-refractivity contribution in [2.45, 2.75) is 24.7 Å². The standard InChI is InChI=1S/C20H17FN2O10/c1-30-20-16(21)17(33-19(25)12-4-8-14(9-5-12)23(28)29)15(32-20)10-31-18(24)11-2-6-13(7-3-11)22(26)27/h2-9,15-17,20H,10H2,1H3/t15-,16+,17-,20?/m1/s1. The molecule has 2 aromatic rings. The number of nitrogens with zero attached hydrogens (tertiary/aromatic N) is 2. The van der Waals surface area contributed by atoms with Crippen LogP contribution in [0, 0.1) is 20.2 Å². The molecule has 0 bridgehead atoms. The summed E-state index contributed by atoms with van der Waals surface area (Å²) in [7, 11) is 1.18. The molecule has 1 aliphatic rings.